The number of hydrogen-bond donors (Lipinski definition) is 2. The molecule has 0 heterocycles. The van der Waals surface area contributed by atoms with Gasteiger partial charge in [-0.1, -0.05) is 18.2 Å². The van der Waals surface area contributed by atoms with Gasteiger partial charge in [-0.3, -0.25) is 4.21 Å². The summed E-state index contributed by atoms with van der Waals surface area (Å²) in [6.07, 6.45) is 2.02. The van der Waals surface area contributed by atoms with Crippen molar-refractivity contribution in [3.63, 3.8) is 0 Å². The largest absolute Gasteiger partial charge is 0.337 e. The number of urea groups is 1. The average Bonchev–Trinajstić information content (AvgIpc) is 2.46. The zero-order valence-electron chi connectivity index (χ0n) is 12.1. The summed E-state index contributed by atoms with van der Waals surface area (Å²) in [6.45, 7) is 5.14. The summed E-state index contributed by atoms with van der Waals surface area (Å²) in [6, 6.07) is 9.06. The Hall–Kier alpha value is -1.01. The third-order valence-corrected chi connectivity index (χ3v) is 5.43. The highest BCUT2D eigenvalue weighted by atomic mass is 32.2. The van der Waals surface area contributed by atoms with Crippen molar-refractivity contribution < 1.29 is 9.00 Å². The molecule has 112 valence electrons. The molecule has 1 atom stereocenters. The summed E-state index contributed by atoms with van der Waals surface area (Å²) < 4.78 is 11.9. The predicted octanol–water partition coefficient (Wildman–Crippen LogP) is 2.24. The molecule has 0 saturated heterocycles. The van der Waals surface area contributed by atoms with Crippen LogP contribution in [-0.4, -0.2) is 40.1 Å². The topological polar surface area (TPSA) is 58.2 Å². The van der Waals surface area contributed by atoms with Crippen molar-refractivity contribution in [3.05, 3.63) is 30.3 Å². The number of thioether (sulfide) groups is 1. The summed E-state index contributed by atoms with van der Waals surface area (Å²) in [5.41, 5.74) is 0. The van der Waals surface area contributed by atoms with Gasteiger partial charge < -0.3 is 10.6 Å². The molecule has 0 aliphatic heterocycles. The maximum atomic E-state index is 11.9. The van der Waals surface area contributed by atoms with E-state index in [1.807, 2.05) is 36.6 Å². The molecule has 0 fully saturated rings. The van der Waals surface area contributed by atoms with Gasteiger partial charge in [0.05, 0.1) is 10.8 Å². The second kappa shape index (κ2) is 8.32. The van der Waals surface area contributed by atoms with Crippen LogP contribution >= 0.6 is 11.8 Å². The molecule has 0 saturated carbocycles. The predicted molar refractivity (Wildman–Crippen MR) is 86.7 cm³/mol. The van der Waals surface area contributed by atoms with Gasteiger partial charge in [-0.05, 0) is 32.2 Å². The van der Waals surface area contributed by atoms with E-state index >= 15 is 0 Å². The summed E-state index contributed by atoms with van der Waals surface area (Å²) in [4.78, 5) is 12.4. The Labute approximate surface area is 127 Å². The Morgan fingerprint density at radius 2 is 1.90 bits per heavy atom. The maximum Gasteiger partial charge on any atom is 0.314 e. The summed E-state index contributed by atoms with van der Waals surface area (Å²) in [7, 11) is -1.07. The fourth-order valence-electron chi connectivity index (χ4n) is 1.38. The van der Waals surface area contributed by atoms with Gasteiger partial charge in [0.15, 0.2) is 0 Å². The van der Waals surface area contributed by atoms with Gasteiger partial charge in [0.1, 0.15) is 0 Å². The molecule has 0 aliphatic carbocycles. The first-order valence-corrected chi connectivity index (χ1v) is 8.99. The molecular weight excluding hydrogens is 292 g/mol. The van der Waals surface area contributed by atoms with Gasteiger partial charge >= 0.3 is 6.03 Å². The number of amides is 2. The van der Waals surface area contributed by atoms with Crippen LogP contribution in [0.1, 0.15) is 13.8 Å². The number of carbonyl (C=O) groups is 1. The van der Waals surface area contributed by atoms with Crippen molar-refractivity contribution >= 4 is 28.6 Å². The lowest BCUT2D eigenvalue weighted by molar-refractivity contribution is 0.240. The molecule has 0 bridgehead atoms. The quantitative estimate of drug-likeness (QED) is 0.811. The van der Waals surface area contributed by atoms with Crippen molar-refractivity contribution in [2.45, 2.75) is 23.5 Å². The minimum Gasteiger partial charge on any atom is -0.337 e. The first-order valence-electron chi connectivity index (χ1n) is 6.45. The highest BCUT2D eigenvalue weighted by Gasteiger charge is 2.16. The second-order valence-electron chi connectivity index (χ2n) is 4.94. The van der Waals surface area contributed by atoms with Crippen molar-refractivity contribution in [1.82, 2.24) is 10.6 Å². The molecule has 20 heavy (non-hydrogen) atoms. The van der Waals surface area contributed by atoms with Crippen molar-refractivity contribution in [3.8, 4) is 0 Å². The van der Waals surface area contributed by atoms with Crippen LogP contribution in [0.2, 0.25) is 0 Å². The van der Waals surface area contributed by atoms with Crippen LogP contribution in [0.15, 0.2) is 35.2 Å². The Balaban J connectivity index is 2.24. The van der Waals surface area contributed by atoms with Crippen LogP contribution in [0.3, 0.4) is 0 Å². The van der Waals surface area contributed by atoms with Gasteiger partial charge in [-0.15, -0.1) is 0 Å². The zero-order chi connectivity index (χ0) is 15.0. The summed E-state index contributed by atoms with van der Waals surface area (Å²) in [5.74, 6) is 0.420. The third-order valence-electron chi connectivity index (χ3n) is 2.81. The van der Waals surface area contributed by atoms with Gasteiger partial charge in [-0.2, -0.15) is 11.8 Å². The highest BCUT2D eigenvalue weighted by molar-refractivity contribution is 7.99. The fraction of sp³-hybridized carbons (Fsp3) is 0.500. The zero-order valence-corrected chi connectivity index (χ0v) is 13.8. The Bertz CT molecular complexity index is 450. The lowest BCUT2D eigenvalue weighted by Crippen LogP contribution is -2.43. The van der Waals surface area contributed by atoms with Gasteiger partial charge in [0.2, 0.25) is 0 Å². The van der Waals surface area contributed by atoms with Crippen LogP contribution in [0, 0.1) is 0 Å². The van der Waals surface area contributed by atoms with E-state index in [4.69, 9.17) is 0 Å². The average molecular weight is 314 g/mol. The first-order chi connectivity index (χ1) is 9.44. The molecule has 4 nitrogen and oxygen atoms in total. The molecule has 1 rings (SSSR count). The second-order valence-corrected chi connectivity index (χ2v) is 8.02. The van der Waals surface area contributed by atoms with E-state index in [1.165, 1.54) is 0 Å². The van der Waals surface area contributed by atoms with Gasteiger partial charge in [0, 0.05) is 28.5 Å². The first kappa shape index (κ1) is 17.0. The molecule has 0 radical (unpaired) electrons. The number of hydrogen-bond acceptors (Lipinski definition) is 3. The number of benzene rings is 1. The Morgan fingerprint density at radius 3 is 2.50 bits per heavy atom. The molecule has 0 aromatic heterocycles. The Kier molecular flexibility index (Phi) is 7.09. The molecule has 0 aliphatic rings. The van der Waals surface area contributed by atoms with Crippen molar-refractivity contribution in [2.24, 2.45) is 0 Å². The lowest BCUT2D eigenvalue weighted by atomic mass is 10.2. The van der Waals surface area contributed by atoms with Crippen LogP contribution in [-0.2, 0) is 10.8 Å². The summed E-state index contributed by atoms with van der Waals surface area (Å²) in [5, 5.41) is 5.55. The molecule has 2 N–H and O–H groups in total. The van der Waals surface area contributed by atoms with Crippen molar-refractivity contribution in [2.75, 3.05) is 25.1 Å². The lowest BCUT2D eigenvalue weighted by Gasteiger charge is -2.22. The molecular formula is C14H22N2O2S2. The molecule has 1 aromatic rings. The van der Waals surface area contributed by atoms with E-state index in [-0.39, 0.29) is 10.8 Å². The monoisotopic (exact) mass is 314 g/mol. The molecule has 6 heteroatoms. The smallest absolute Gasteiger partial charge is 0.314 e. The van der Waals surface area contributed by atoms with Crippen LogP contribution in [0.5, 0.6) is 0 Å². The Morgan fingerprint density at radius 1 is 1.25 bits per heavy atom. The van der Waals surface area contributed by atoms with Crippen LogP contribution in [0.4, 0.5) is 4.79 Å². The van der Waals surface area contributed by atoms with E-state index < -0.39 is 10.8 Å². The van der Waals surface area contributed by atoms with E-state index in [1.54, 1.807) is 11.8 Å². The van der Waals surface area contributed by atoms with E-state index in [9.17, 15) is 9.00 Å². The molecule has 2 amide bonds. The minimum atomic E-state index is -1.07. The van der Waals surface area contributed by atoms with E-state index in [0.29, 0.717) is 18.8 Å². The SMILES string of the molecule is CSC(C)(C)CNC(=O)NCC[S@](=O)c1ccccc1. The minimum absolute atomic E-state index is 0.0181. The van der Waals surface area contributed by atoms with Crippen molar-refractivity contribution in [1.29, 1.82) is 0 Å². The fourth-order valence-corrected chi connectivity index (χ4v) is 2.58. The van der Waals surface area contributed by atoms with Gasteiger partial charge in [-0.25, -0.2) is 4.79 Å². The standard InChI is InChI=1S/C14H22N2O2S2/c1-14(2,19-3)11-16-13(17)15-9-10-20(18)12-7-5-4-6-8-12/h4-8H,9-11H2,1-3H3,(H2,15,16,17)/t20-/m0/s1. The number of rotatable bonds is 7. The maximum absolute atomic E-state index is 11.9. The molecule has 0 spiro atoms. The number of carbonyl (C=O) groups excluding carboxylic acids is 1. The number of nitrogens with one attached hydrogen (secondary N) is 2. The normalized spacial score (nSPS) is 12.8. The van der Waals surface area contributed by atoms with E-state index in [2.05, 4.69) is 24.5 Å². The van der Waals surface area contributed by atoms with Crippen LogP contribution in [0.25, 0.3) is 0 Å². The van der Waals surface area contributed by atoms with E-state index in [0.717, 1.165) is 4.90 Å². The third kappa shape index (κ3) is 6.43. The van der Waals surface area contributed by atoms with Gasteiger partial charge in [0.25, 0.3) is 0 Å². The molecule has 0 unspecified atom stereocenters. The highest BCUT2D eigenvalue weighted by Crippen LogP contribution is 2.19. The van der Waals surface area contributed by atoms with Crippen LogP contribution < -0.4 is 10.6 Å². The summed E-state index contributed by atoms with van der Waals surface area (Å²) >= 11 is 1.70. The molecule has 1 aromatic carbocycles.